The van der Waals surface area contributed by atoms with Crippen molar-refractivity contribution in [2.45, 2.75) is 17.7 Å². The van der Waals surface area contributed by atoms with Crippen LogP contribution in [0.5, 0.6) is 0 Å². The summed E-state index contributed by atoms with van der Waals surface area (Å²) in [4.78, 5) is -0.239. The largest absolute Gasteiger partial charge is 0.244 e. The molecular formula is C12H11ClFN3O2S. The first-order valence-electron chi connectivity index (χ1n) is 5.62. The fraction of sp³-hybridized carbons (Fsp3) is 0.333. The summed E-state index contributed by atoms with van der Waals surface area (Å²) in [5, 5.41) is 16.9. The van der Waals surface area contributed by atoms with Gasteiger partial charge in [-0.2, -0.15) is 14.8 Å². The van der Waals surface area contributed by atoms with Crippen molar-refractivity contribution in [3.63, 3.8) is 0 Å². The van der Waals surface area contributed by atoms with E-state index in [9.17, 15) is 12.8 Å². The Morgan fingerprint density at radius 1 is 1.20 bits per heavy atom. The number of hydrogen-bond donors (Lipinski definition) is 0. The summed E-state index contributed by atoms with van der Waals surface area (Å²) in [7, 11) is -3.96. The summed E-state index contributed by atoms with van der Waals surface area (Å²) < 4.78 is 38.7. The van der Waals surface area contributed by atoms with Crippen LogP contribution in [-0.2, 0) is 10.0 Å². The molecular weight excluding hydrogens is 305 g/mol. The number of benzene rings is 1. The molecule has 20 heavy (non-hydrogen) atoms. The highest BCUT2D eigenvalue weighted by atomic mass is 35.5. The number of nitrogens with zero attached hydrogens (tertiary/aromatic N) is 3. The van der Waals surface area contributed by atoms with Gasteiger partial charge in [0.25, 0.3) is 0 Å². The van der Waals surface area contributed by atoms with E-state index in [-0.39, 0.29) is 35.8 Å². The molecule has 1 rings (SSSR count). The Morgan fingerprint density at radius 2 is 1.75 bits per heavy atom. The van der Waals surface area contributed by atoms with Crippen molar-refractivity contribution < 1.29 is 12.8 Å². The normalized spacial score (nSPS) is 11.1. The van der Waals surface area contributed by atoms with E-state index < -0.39 is 15.8 Å². The highest BCUT2D eigenvalue weighted by Gasteiger charge is 2.26. The van der Waals surface area contributed by atoms with Gasteiger partial charge in [0, 0.05) is 25.9 Å². The Labute approximate surface area is 121 Å². The molecule has 0 N–H and O–H groups in total. The molecule has 0 atom stereocenters. The summed E-state index contributed by atoms with van der Waals surface area (Å²) in [6.45, 7) is -0.0948. The number of nitriles is 2. The Hall–Kier alpha value is -1.67. The lowest BCUT2D eigenvalue weighted by molar-refractivity contribution is 0.425. The van der Waals surface area contributed by atoms with Crippen LogP contribution in [-0.4, -0.2) is 25.8 Å². The molecule has 1 aromatic rings. The zero-order valence-electron chi connectivity index (χ0n) is 10.4. The third-order valence-corrected chi connectivity index (χ3v) is 4.84. The predicted molar refractivity (Wildman–Crippen MR) is 70.6 cm³/mol. The molecule has 106 valence electrons. The standard InChI is InChI=1S/C12H11ClFN3O2S/c13-11-9-10(14)3-4-12(11)20(18,19)17(7-1-5-15)8-2-6-16/h3-4,9H,1-2,7-8H2. The smallest absolute Gasteiger partial charge is 0.207 e. The van der Waals surface area contributed by atoms with Gasteiger partial charge in [-0.15, -0.1) is 0 Å². The zero-order valence-corrected chi connectivity index (χ0v) is 12.0. The fourth-order valence-corrected chi connectivity index (χ4v) is 3.47. The topological polar surface area (TPSA) is 85.0 Å². The van der Waals surface area contributed by atoms with Gasteiger partial charge in [0.2, 0.25) is 10.0 Å². The van der Waals surface area contributed by atoms with E-state index in [1.54, 1.807) is 0 Å². The molecule has 8 heteroatoms. The van der Waals surface area contributed by atoms with Gasteiger partial charge < -0.3 is 0 Å². The van der Waals surface area contributed by atoms with Gasteiger partial charge in [0.05, 0.1) is 17.2 Å². The minimum atomic E-state index is -3.96. The molecule has 0 aliphatic carbocycles. The first-order chi connectivity index (χ1) is 9.43. The highest BCUT2D eigenvalue weighted by molar-refractivity contribution is 7.89. The second-order valence-corrected chi connectivity index (χ2v) is 6.11. The van der Waals surface area contributed by atoms with Gasteiger partial charge in [0.1, 0.15) is 10.7 Å². The monoisotopic (exact) mass is 315 g/mol. The van der Waals surface area contributed by atoms with Crippen LogP contribution in [0, 0.1) is 28.5 Å². The van der Waals surface area contributed by atoms with Crippen molar-refractivity contribution in [1.29, 1.82) is 10.5 Å². The van der Waals surface area contributed by atoms with Gasteiger partial charge in [-0.05, 0) is 18.2 Å². The van der Waals surface area contributed by atoms with Crippen LogP contribution >= 0.6 is 11.6 Å². The van der Waals surface area contributed by atoms with Crippen LogP contribution in [0.4, 0.5) is 4.39 Å². The molecule has 0 aliphatic heterocycles. The van der Waals surface area contributed by atoms with Crippen molar-refractivity contribution in [1.82, 2.24) is 4.31 Å². The lowest BCUT2D eigenvalue weighted by Crippen LogP contribution is -2.33. The Morgan fingerprint density at radius 3 is 2.20 bits per heavy atom. The van der Waals surface area contributed by atoms with E-state index >= 15 is 0 Å². The van der Waals surface area contributed by atoms with Crippen molar-refractivity contribution >= 4 is 21.6 Å². The minimum Gasteiger partial charge on any atom is -0.207 e. The van der Waals surface area contributed by atoms with Crippen LogP contribution < -0.4 is 0 Å². The Bertz CT molecular complexity index is 646. The van der Waals surface area contributed by atoms with Crippen molar-refractivity contribution in [2.75, 3.05) is 13.1 Å². The summed E-state index contributed by atoms with van der Waals surface area (Å²) >= 11 is 5.75. The SMILES string of the molecule is N#CCCN(CCC#N)S(=O)(=O)c1ccc(F)cc1Cl. The third kappa shape index (κ3) is 3.91. The zero-order chi connectivity index (χ0) is 15.2. The second kappa shape index (κ2) is 7.20. The molecule has 1 aromatic carbocycles. The van der Waals surface area contributed by atoms with Crippen LogP contribution in [0.2, 0.25) is 5.02 Å². The lowest BCUT2D eigenvalue weighted by Gasteiger charge is -2.20. The molecule has 0 fully saturated rings. The minimum absolute atomic E-state index is 0.0104. The quantitative estimate of drug-likeness (QED) is 0.806. The molecule has 0 amide bonds. The predicted octanol–water partition coefficient (Wildman–Crippen LogP) is 2.30. The number of rotatable bonds is 6. The fourth-order valence-electron chi connectivity index (χ4n) is 1.53. The van der Waals surface area contributed by atoms with Crippen LogP contribution in [0.15, 0.2) is 23.1 Å². The first-order valence-corrected chi connectivity index (χ1v) is 7.44. The van der Waals surface area contributed by atoms with Crippen LogP contribution in [0.3, 0.4) is 0 Å². The molecule has 0 saturated carbocycles. The number of halogens is 2. The third-order valence-electron chi connectivity index (χ3n) is 2.46. The summed E-state index contributed by atoms with van der Waals surface area (Å²) in [6.07, 6.45) is -0.0209. The molecule has 0 saturated heterocycles. The van der Waals surface area contributed by atoms with Gasteiger partial charge in [-0.3, -0.25) is 0 Å². The summed E-state index contributed by atoms with van der Waals surface area (Å²) in [6, 6.07) is 6.64. The molecule has 0 unspecified atom stereocenters. The van der Waals surface area contributed by atoms with Crippen molar-refractivity contribution in [3.05, 3.63) is 29.0 Å². The Kier molecular flexibility index (Phi) is 5.90. The van der Waals surface area contributed by atoms with E-state index in [2.05, 4.69) is 0 Å². The van der Waals surface area contributed by atoms with Gasteiger partial charge in [-0.1, -0.05) is 11.6 Å². The maximum Gasteiger partial charge on any atom is 0.244 e. The van der Waals surface area contributed by atoms with E-state index in [4.69, 9.17) is 22.1 Å². The van der Waals surface area contributed by atoms with Crippen LogP contribution in [0.25, 0.3) is 0 Å². The highest BCUT2D eigenvalue weighted by Crippen LogP contribution is 2.25. The molecule has 0 aliphatic rings. The molecule has 0 bridgehead atoms. The van der Waals surface area contributed by atoms with Gasteiger partial charge in [0.15, 0.2) is 0 Å². The summed E-state index contributed by atoms with van der Waals surface area (Å²) in [5.74, 6) is -0.644. The second-order valence-electron chi connectivity index (χ2n) is 3.80. The van der Waals surface area contributed by atoms with E-state index in [1.165, 1.54) is 0 Å². The molecule has 5 nitrogen and oxygen atoms in total. The van der Waals surface area contributed by atoms with Crippen LogP contribution in [0.1, 0.15) is 12.8 Å². The van der Waals surface area contributed by atoms with E-state index in [1.807, 2.05) is 12.1 Å². The first kappa shape index (κ1) is 16.4. The van der Waals surface area contributed by atoms with Gasteiger partial charge >= 0.3 is 0 Å². The molecule has 0 radical (unpaired) electrons. The lowest BCUT2D eigenvalue weighted by atomic mass is 10.3. The van der Waals surface area contributed by atoms with E-state index in [0.717, 1.165) is 22.5 Å². The number of sulfonamides is 1. The molecule has 0 heterocycles. The maximum absolute atomic E-state index is 13.0. The molecule has 0 aromatic heterocycles. The van der Waals surface area contributed by atoms with Crippen molar-refractivity contribution in [3.8, 4) is 12.1 Å². The Balaban J connectivity index is 3.15. The maximum atomic E-state index is 13.0. The number of hydrogen-bond acceptors (Lipinski definition) is 4. The van der Waals surface area contributed by atoms with Gasteiger partial charge in [-0.25, -0.2) is 12.8 Å². The summed E-state index contributed by atoms with van der Waals surface area (Å²) in [5.41, 5.74) is 0. The average molecular weight is 316 g/mol. The van der Waals surface area contributed by atoms with Crippen molar-refractivity contribution in [2.24, 2.45) is 0 Å². The average Bonchev–Trinajstić information content (AvgIpc) is 2.38. The van der Waals surface area contributed by atoms with E-state index in [0.29, 0.717) is 0 Å². The molecule has 0 spiro atoms.